The first-order valence-electron chi connectivity index (χ1n) is 3.55. The first-order chi connectivity index (χ1) is 6.09. The quantitative estimate of drug-likeness (QED) is 0.650. The van der Waals surface area contributed by atoms with Crippen LogP contribution in [0.4, 0.5) is 9.18 Å². The molecule has 13 heavy (non-hydrogen) atoms. The molecule has 1 rings (SSSR count). The van der Waals surface area contributed by atoms with E-state index in [9.17, 15) is 9.18 Å². The molecule has 0 aliphatic carbocycles. The maximum absolute atomic E-state index is 12.4. The predicted octanol–water partition coefficient (Wildman–Crippen LogP) is 2.05. The monoisotopic (exact) mass is 201 g/mol. The van der Waals surface area contributed by atoms with Crippen molar-refractivity contribution in [1.82, 2.24) is 4.67 Å². The zero-order valence-corrected chi connectivity index (χ0v) is 8.18. The van der Waals surface area contributed by atoms with Crippen molar-refractivity contribution in [2.24, 2.45) is 0 Å². The minimum atomic E-state index is -0.517. The molecular weight excluding hydrogens is 192 g/mol. The summed E-state index contributed by atoms with van der Waals surface area (Å²) in [5.41, 5.74) is 0. The largest absolute Gasteiger partial charge is 0.417 e. The second kappa shape index (κ2) is 4.19. The van der Waals surface area contributed by atoms with Crippen molar-refractivity contribution in [3.63, 3.8) is 0 Å². The van der Waals surface area contributed by atoms with Gasteiger partial charge >= 0.3 is 6.09 Å². The molecule has 0 aromatic heterocycles. The standard InChI is InChI=1S/C8H9FNO2P/c1-10(13)8(11)12-7-4-2-6(9)3-5-7/h2-5H,13H2,1H3. The normalized spacial score (nSPS) is 9.46. The highest BCUT2D eigenvalue weighted by Crippen LogP contribution is 2.12. The van der Waals surface area contributed by atoms with Crippen LogP contribution in [0, 0.1) is 5.82 Å². The number of nitrogens with zero attached hydrogens (tertiary/aromatic N) is 1. The van der Waals surface area contributed by atoms with Gasteiger partial charge in [-0.15, -0.1) is 0 Å². The van der Waals surface area contributed by atoms with E-state index in [1.807, 2.05) is 0 Å². The maximum atomic E-state index is 12.4. The molecule has 0 heterocycles. The van der Waals surface area contributed by atoms with Crippen molar-refractivity contribution < 1.29 is 13.9 Å². The number of carbonyl (C=O) groups is 1. The lowest BCUT2D eigenvalue weighted by Gasteiger charge is -2.09. The molecule has 0 spiro atoms. The Morgan fingerprint density at radius 1 is 1.46 bits per heavy atom. The van der Waals surface area contributed by atoms with E-state index in [1.165, 1.54) is 36.0 Å². The molecule has 0 aliphatic rings. The number of rotatable bonds is 1. The van der Waals surface area contributed by atoms with Crippen molar-refractivity contribution >= 4 is 15.5 Å². The van der Waals surface area contributed by atoms with Crippen LogP contribution in [0.1, 0.15) is 0 Å². The molecule has 70 valence electrons. The summed E-state index contributed by atoms with van der Waals surface area (Å²) in [6.45, 7) is 0. The summed E-state index contributed by atoms with van der Waals surface area (Å²) in [6.07, 6.45) is -0.517. The van der Waals surface area contributed by atoms with E-state index in [2.05, 4.69) is 9.39 Å². The summed E-state index contributed by atoms with van der Waals surface area (Å²) in [4.78, 5) is 11.0. The molecule has 1 unspecified atom stereocenters. The molecule has 1 aromatic carbocycles. The van der Waals surface area contributed by atoms with E-state index in [-0.39, 0.29) is 5.82 Å². The van der Waals surface area contributed by atoms with E-state index in [4.69, 9.17) is 4.74 Å². The number of carbonyl (C=O) groups excluding carboxylic acids is 1. The summed E-state index contributed by atoms with van der Waals surface area (Å²) < 4.78 is 18.5. The third kappa shape index (κ3) is 2.99. The van der Waals surface area contributed by atoms with E-state index < -0.39 is 6.09 Å². The molecule has 0 saturated heterocycles. The van der Waals surface area contributed by atoms with Gasteiger partial charge in [0, 0.05) is 7.05 Å². The first-order valence-corrected chi connectivity index (χ1v) is 4.07. The zero-order valence-electron chi connectivity index (χ0n) is 7.03. The van der Waals surface area contributed by atoms with E-state index in [0.29, 0.717) is 5.75 Å². The molecule has 0 radical (unpaired) electrons. The van der Waals surface area contributed by atoms with Crippen molar-refractivity contribution in [2.75, 3.05) is 7.05 Å². The number of halogens is 1. The van der Waals surface area contributed by atoms with Gasteiger partial charge in [0.25, 0.3) is 0 Å². The number of ether oxygens (including phenoxy) is 1. The predicted molar refractivity (Wildman–Crippen MR) is 49.9 cm³/mol. The molecule has 0 bridgehead atoms. The average Bonchev–Trinajstić information content (AvgIpc) is 2.08. The molecule has 0 fully saturated rings. The van der Waals surface area contributed by atoms with Crippen LogP contribution >= 0.6 is 9.39 Å². The van der Waals surface area contributed by atoms with Crippen molar-refractivity contribution in [3.05, 3.63) is 30.1 Å². The maximum Gasteiger partial charge on any atom is 0.417 e. The molecular formula is C8H9FNO2P. The summed E-state index contributed by atoms with van der Waals surface area (Å²) >= 11 is 0. The minimum Gasteiger partial charge on any atom is -0.410 e. The Morgan fingerprint density at radius 2 is 2.00 bits per heavy atom. The molecule has 0 N–H and O–H groups in total. The Labute approximate surface area is 77.7 Å². The highest BCUT2D eigenvalue weighted by atomic mass is 31.0. The Morgan fingerprint density at radius 3 is 2.46 bits per heavy atom. The lowest BCUT2D eigenvalue weighted by Crippen LogP contribution is -2.19. The highest BCUT2D eigenvalue weighted by molar-refractivity contribution is 7.14. The summed E-state index contributed by atoms with van der Waals surface area (Å²) in [6, 6.07) is 5.24. The van der Waals surface area contributed by atoms with Crippen LogP contribution in [-0.4, -0.2) is 17.8 Å². The van der Waals surface area contributed by atoms with Gasteiger partial charge in [0.15, 0.2) is 0 Å². The van der Waals surface area contributed by atoms with Crippen LogP contribution in [0.15, 0.2) is 24.3 Å². The minimum absolute atomic E-state index is 0.320. The average molecular weight is 201 g/mol. The summed E-state index contributed by atoms with van der Waals surface area (Å²) in [5.74, 6) is -0.0419. The third-order valence-electron chi connectivity index (χ3n) is 1.31. The molecule has 0 saturated carbocycles. The molecule has 5 heteroatoms. The Hall–Kier alpha value is -1.15. The van der Waals surface area contributed by atoms with Crippen molar-refractivity contribution in [3.8, 4) is 5.75 Å². The van der Waals surface area contributed by atoms with Gasteiger partial charge in [-0.3, -0.25) is 4.67 Å². The summed E-state index contributed by atoms with van der Waals surface area (Å²) in [5, 5.41) is 0. The fourth-order valence-electron chi connectivity index (χ4n) is 0.675. The number of hydrogen-bond donors (Lipinski definition) is 0. The summed E-state index contributed by atoms with van der Waals surface area (Å²) in [7, 11) is 3.70. The second-order valence-corrected chi connectivity index (χ2v) is 3.21. The molecule has 0 aliphatic heterocycles. The van der Waals surface area contributed by atoms with Gasteiger partial charge in [-0.2, -0.15) is 0 Å². The van der Waals surface area contributed by atoms with Crippen molar-refractivity contribution in [2.45, 2.75) is 0 Å². The van der Waals surface area contributed by atoms with E-state index in [0.717, 1.165) is 0 Å². The van der Waals surface area contributed by atoms with Crippen molar-refractivity contribution in [1.29, 1.82) is 0 Å². The molecule has 1 amide bonds. The fourth-order valence-corrected chi connectivity index (χ4v) is 0.728. The second-order valence-electron chi connectivity index (χ2n) is 2.43. The molecule has 1 aromatic rings. The van der Waals surface area contributed by atoms with Gasteiger partial charge in [-0.05, 0) is 33.7 Å². The van der Waals surface area contributed by atoms with Gasteiger partial charge in [0.2, 0.25) is 0 Å². The molecule has 3 nitrogen and oxygen atoms in total. The Kier molecular flexibility index (Phi) is 3.20. The highest BCUT2D eigenvalue weighted by Gasteiger charge is 2.05. The van der Waals surface area contributed by atoms with Gasteiger partial charge < -0.3 is 4.74 Å². The fraction of sp³-hybridized carbons (Fsp3) is 0.125. The Bertz CT molecular complexity index is 300. The van der Waals surface area contributed by atoms with Crippen LogP contribution in [0.5, 0.6) is 5.75 Å². The Balaban J connectivity index is 2.65. The SMILES string of the molecule is CN(P)C(=O)Oc1ccc(F)cc1. The van der Waals surface area contributed by atoms with Crippen LogP contribution in [0.25, 0.3) is 0 Å². The van der Waals surface area contributed by atoms with Gasteiger partial charge in [-0.1, -0.05) is 0 Å². The smallest absolute Gasteiger partial charge is 0.410 e. The topological polar surface area (TPSA) is 29.5 Å². The van der Waals surface area contributed by atoms with E-state index >= 15 is 0 Å². The lowest BCUT2D eigenvalue weighted by molar-refractivity contribution is 0.187. The first kappa shape index (κ1) is 9.93. The van der Waals surface area contributed by atoms with Crippen LogP contribution in [0.2, 0.25) is 0 Å². The zero-order chi connectivity index (χ0) is 9.84. The molecule has 1 atom stereocenters. The van der Waals surface area contributed by atoms with E-state index in [1.54, 1.807) is 0 Å². The number of benzene rings is 1. The number of hydrogen-bond acceptors (Lipinski definition) is 2. The number of amides is 1. The lowest BCUT2D eigenvalue weighted by atomic mass is 10.3. The van der Waals surface area contributed by atoms with Gasteiger partial charge in [0.1, 0.15) is 11.6 Å². The van der Waals surface area contributed by atoms with Crippen LogP contribution in [0.3, 0.4) is 0 Å². The van der Waals surface area contributed by atoms with Crippen LogP contribution in [-0.2, 0) is 0 Å². The van der Waals surface area contributed by atoms with Crippen LogP contribution < -0.4 is 4.74 Å². The van der Waals surface area contributed by atoms with Gasteiger partial charge in [0.05, 0.1) is 0 Å². The van der Waals surface area contributed by atoms with Gasteiger partial charge in [-0.25, -0.2) is 9.18 Å². The third-order valence-corrected chi connectivity index (χ3v) is 1.52.